The summed E-state index contributed by atoms with van der Waals surface area (Å²) >= 11 is 0. The second-order valence-corrected chi connectivity index (χ2v) is 5.28. The van der Waals surface area contributed by atoms with Crippen LogP contribution in [0.1, 0.15) is 5.56 Å². The first-order valence-electron chi connectivity index (χ1n) is 7.92. The summed E-state index contributed by atoms with van der Waals surface area (Å²) in [4.78, 5) is 11.8. The van der Waals surface area contributed by atoms with Crippen molar-refractivity contribution in [3.63, 3.8) is 0 Å². The third-order valence-electron chi connectivity index (χ3n) is 3.63. The van der Waals surface area contributed by atoms with E-state index in [1.807, 2.05) is 24.3 Å². The molecule has 0 aromatic heterocycles. The summed E-state index contributed by atoms with van der Waals surface area (Å²) in [5.74, 6) is 2.79. The lowest BCUT2D eigenvalue weighted by molar-refractivity contribution is 0.173. The number of para-hydroxylation sites is 1. The van der Waals surface area contributed by atoms with Gasteiger partial charge in [-0.3, -0.25) is 0 Å². The zero-order chi connectivity index (χ0) is 17.5. The Balaban J connectivity index is 1.37. The minimum atomic E-state index is -0.264. The maximum atomic E-state index is 11.8. The normalized spacial score (nSPS) is 11.7. The van der Waals surface area contributed by atoms with E-state index in [0.717, 1.165) is 11.3 Å². The quantitative estimate of drug-likeness (QED) is 0.754. The van der Waals surface area contributed by atoms with Crippen LogP contribution in [0, 0.1) is 0 Å². The van der Waals surface area contributed by atoms with Crippen molar-refractivity contribution in [2.45, 2.75) is 6.54 Å². The van der Waals surface area contributed by atoms with Crippen LogP contribution in [0.25, 0.3) is 0 Å². The molecule has 0 unspecified atom stereocenters. The fourth-order valence-corrected chi connectivity index (χ4v) is 2.39. The third-order valence-corrected chi connectivity index (χ3v) is 3.63. The predicted octanol–water partition coefficient (Wildman–Crippen LogP) is 2.30. The van der Waals surface area contributed by atoms with Crippen molar-refractivity contribution in [3.05, 3.63) is 48.0 Å². The highest BCUT2D eigenvalue weighted by molar-refractivity contribution is 5.73. The fourth-order valence-electron chi connectivity index (χ4n) is 2.39. The largest absolute Gasteiger partial charge is 0.496 e. The molecule has 0 saturated carbocycles. The van der Waals surface area contributed by atoms with Crippen LogP contribution in [-0.4, -0.2) is 33.1 Å². The number of ether oxygens (including phenoxy) is 4. The lowest BCUT2D eigenvalue weighted by Gasteiger charge is -2.11. The number of urea groups is 1. The Bertz CT molecular complexity index is 735. The van der Waals surface area contributed by atoms with Crippen LogP contribution < -0.4 is 29.6 Å². The molecular formula is C18H20N2O5. The molecule has 0 bridgehead atoms. The first kappa shape index (κ1) is 16.8. The Morgan fingerprint density at radius 1 is 1.12 bits per heavy atom. The van der Waals surface area contributed by atoms with E-state index in [1.165, 1.54) is 0 Å². The van der Waals surface area contributed by atoms with Crippen LogP contribution in [0.4, 0.5) is 4.79 Å². The Morgan fingerprint density at radius 3 is 2.84 bits per heavy atom. The second kappa shape index (κ2) is 8.14. The highest BCUT2D eigenvalue weighted by atomic mass is 16.7. The van der Waals surface area contributed by atoms with Crippen LogP contribution in [0.5, 0.6) is 23.0 Å². The van der Waals surface area contributed by atoms with Crippen molar-refractivity contribution in [1.82, 2.24) is 10.6 Å². The van der Waals surface area contributed by atoms with E-state index in [0.29, 0.717) is 36.9 Å². The number of hydrogen-bond donors (Lipinski definition) is 2. The van der Waals surface area contributed by atoms with Gasteiger partial charge in [0, 0.05) is 18.2 Å². The Morgan fingerprint density at radius 2 is 1.96 bits per heavy atom. The zero-order valence-corrected chi connectivity index (χ0v) is 13.9. The van der Waals surface area contributed by atoms with Gasteiger partial charge >= 0.3 is 6.03 Å². The summed E-state index contributed by atoms with van der Waals surface area (Å²) in [5, 5.41) is 5.53. The molecule has 132 valence electrons. The summed E-state index contributed by atoms with van der Waals surface area (Å²) in [5.41, 5.74) is 0.914. The van der Waals surface area contributed by atoms with Crippen molar-refractivity contribution in [1.29, 1.82) is 0 Å². The van der Waals surface area contributed by atoms with Crippen LogP contribution >= 0.6 is 0 Å². The van der Waals surface area contributed by atoms with Crippen molar-refractivity contribution in [3.8, 4) is 23.0 Å². The van der Waals surface area contributed by atoms with E-state index >= 15 is 0 Å². The number of benzene rings is 2. The van der Waals surface area contributed by atoms with Gasteiger partial charge in [0.2, 0.25) is 6.79 Å². The molecule has 25 heavy (non-hydrogen) atoms. The van der Waals surface area contributed by atoms with Crippen molar-refractivity contribution in [2.75, 3.05) is 27.1 Å². The molecule has 7 nitrogen and oxygen atoms in total. The van der Waals surface area contributed by atoms with Crippen LogP contribution in [0.2, 0.25) is 0 Å². The standard InChI is InChI=1S/C18H20N2O5/c1-22-15-5-3-2-4-13(15)11-20-18(21)19-8-9-23-14-6-7-16-17(10-14)25-12-24-16/h2-7,10H,8-9,11-12H2,1H3,(H2,19,20,21). The van der Waals surface area contributed by atoms with E-state index in [2.05, 4.69) is 10.6 Å². The van der Waals surface area contributed by atoms with E-state index in [9.17, 15) is 4.79 Å². The van der Waals surface area contributed by atoms with E-state index < -0.39 is 0 Å². The molecule has 7 heteroatoms. The maximum Gasteiger partial charge on any atom is 0.315 e. The SMILES string of the molecule is COc1ccccc1CNC(=O)NCCOc1ccc2c(c1)OCO2. The van der Waals surface area contributed by atoms with Crippen molar-refractivity contribution < 1.29 is 23.7 Å². The molecule has 1 aliphatic heterocycles. The van der Waals surface area contributed by atoms with E-state index in [-0.39, 0.29) is 12.8 Å². The van der Waals surface area contributed by atoms with E-state index in [4.69, 9.17) is 18.9 Å². The van der Waals surface area contributed by atoms with Gasteiger partial charge in [-0.1, -0.05) is 18.2 Å². The predicted molar refractivity (Wildman–Crippen MR) is 91.3 cm³/mol. The second-order valence-electron chi connectivity index (χ2n) is 5.28. The lowest BCUT2D eigenvalue weighted by Crippen LogP contribution is -2.37. The highest BCUT2D eigenvalue weighted by Gasteiger charge is 2.13. The summed E-state index contributed by atoms with van der Waals surface area (Å²) < 4.78 is 21.4. The summed E-state index contributed by atoms with van der Waals surface area (Å²) in [6.45, 7) is 1.35. The molecule has 1 heterocycles. The van der Waals surface area contributed by atoms with Crippen LogP contribution in [0.3, 0.4) is 0 Å². The van der Waals surface area contributed by atoms with Gasteiger partial charge in [-0.25, -0.2) is 4.79 Å². The monoisotopic (exact) mass is 344 g/mol. The number of methoxy groups -OCH3 is 1. The summed E-state index contributed by atoms with van der Waals surface area (Å²) in [6.07, 6.45) is 0. The van der Waals surface area contributed by atoms with Gasteiger partial charge in [-0.2, -0.15) is 0 Å². The first-order chi connectivity index (χ1) is 12.3. The van der Waals surface area contributed by atoms with Gasteiger partial charge in [0.25, 0.3) is 0 Å². The fraction of sp³-hybridized carbons (Fsp3) is 0.278. The first-order valence-corrected chi connectivity index (χ1v) is 7.92. The molecule has 3 rings (SSSR count). The van der Waals surface area contributed by atoms with Gasteiger partial charge in [0.15, 0.2) is 11.5 Å². The Labute approximate surface area is 145 Å². The van der Waals surface area contributed by atoms with Crippen molar-refractivity contribution >= 4 is 6.03 Å². The number of nitrogens with one attached hydrogen (secondary N) is 2. The summed E-state index contributed by atoms with van der Waals surface area (Å²) in [6, 6.07) is 12.6. The summed E-state index contributed by atoms with van der Waals surface area (Å²) in [7, 11) is 1.60. The molecule has 2 N–H and O–H groups in total. The van der Waals surface area contributed by atoms with Crippen LogP contribution in [0.15, 0.2) is 42.5 Å². The Hall–Kier alpha value is -3.09. The van der Waals surface area contributed by atoms with Gasteiger partial charge in [0.05, 0.1) is 13.7 Å². The molecule has 0 radical (unpaired) electrons. The molecule has 0 atom stereocenters. The molecule has 0 saturated heterocycles. The smallest absolute Gasteiger partial charge is 0.315 e. The minimum Gasteiger partial charge on any atom is -0.496 e. The minimum absolute atomic E-state index is 0.229. The van der Waals surface area contributed by atoms with Gasteiger partial charge in [0.1, 0.15) is 18.1 Å². The average Bonchev–Trinajstić information content (AvgIpc) is 3.11. The molecule has 2 aromatic carbocycles. The number of carbonyl (C=O) groups is 1. The van der Waals surface area contributed by atoms with E-state index in [1.54, 1.807) is 25.3 Å². The van der Waals surface area contributed by atoms with Crippen LogP contribution in [-0.2, 0) is 6.54 Å². The molecule has 2 amide bonds. The number of hydrogen-bond acceptors (Lipinski definition) is 5. The molecular weight excluding hydrogens is 324 g/mol. The maximum absolute atomic E-state index is 11.8. The number of rotatable bonds is 7. The topological polar surface area (TPSA) is 78.1 Å². The number of fused-ring (bicyclic) bond motifs is 1. The van der Waals surface area contributed by atoms with Crippen molar-refractivity contribution in [2.24, 2.45) is 0 Å². The number of carbonyl (C=O) groups excluding carboxylic acids is 1. The molecule has 0 aliphatic carbocycles. The lowest BCUT2D eigenvalue weighted by atomic mass is 10.2. The number of amides is 2. The molecule has 2 aromatic rings. The van der Waals surface area contributed by atoms with Gasteiger partial charge in [-0.05, 0) is 18.2 Å². The van der Waals surface area contributed by atoms with Gasteiger partial charge < -0.3 is 29.6 Å². The molecule has 0 spiro atoms. The molecule has 1 aliphatic rings. The zero-order valence-electron chi connectivity index (χ0n) is 13.9. The third kappa shape index (κ3) is 4.47. The highest BCUT2D eigenvalue weighted by Crippen LogP contribution is 2.34. The van der Waals surface area contributed by atoms with Gasteiger partial charge in [-0.15, -0.1) is 0 Å². The molecule has 0 fully saturated rings. The Kier molecular flexibility index (Phi) is 5.46. The average molecular weight is 344 g/mol.